The van der Waals surface area contributed by atoms with Crippen LogP contribution in [0.4, 0.5) is 4.39 Å². The second kappa shape index (κ2) is 8.80. The first-order valence-electron chi connectivity index (χ1n) is 10.4. The molecule has 1 aliphatic heterocycles. The number of aliphatic carboxylic acids is 1. The summed E-state index contributed by atoms with van der Waals surface area (Å²) >= 11 is 0. The van der Waals surface area contributed by atoms with Gasteiger partial charge >= 0.3 is 5.97 Å². The Labute approximate surface area is 181 Å². The predicted molar refractivity (Wildman–Crippen MR) is 117 cm³/mol. The van der Waals surface area contributed by atoms with Crippen molar-refractivity contribution in [2.75, 3.05) is 7.11 Å². The Balaban J connectivity index is 1.54. The van der Waals surface area contributed by atoms with Crippen LogP contribution in [0.5, 0.6) is 11.5 Å². The summed E-state index contributed by atoms with van der Waals surface area (Å²) < 4.78 is 25.8. The number of carbonyl (C=O) groups is 1. The molecule has 1 N–H and O–H groups in total. The van der Waals surface area contributed by atoms with E-state index in [1.54, 1.807) is 19.2 Å². The first-order chi connectivity index (χ1) is 14.9. The van der Waals surface area contributed by atoms with Gasteiger partial charge in [0.05, 0.1) is 13.5 Å². The number of carboxylic acids is 1. The maximum absolute atomic E-state index is 14.3. The van der Waals surface area contributed by atoms with Crippen molar-refractivity contribution >= 4 is 5.97 Å². The standard InChI is InChI=1S/C26H25FO4/c1-16(13-26(28)29)20-8-7-19-9-12-24(31-25(19)14-20)18-5-3-17(4-6-18)22-15-21(30-2)10-11-23(22)27/h3-8,10-11,14-16,24H,9,12-13H2,1-2H3,(H,28,29)/t16-,24+/m0/s1. The lowest BCUT2D eigenvalue weighted by atomic mass is 9.92. The fraction of sp³-hybridized carbons (Fsp3) is 0.269. The Morgan fingerprint density at radius 3 is 2.65 bits per heavy atom. The predicted octanol–water partition coefficient (Wildman–Crippen LogP) is 6.15. The van der Waals surface area contributed by atoms with E-state index < -0.39 is 5.97 Å². The zero-order chi connectivity index (χ0) is 22.0. The van der Waals surface area contributed by atoms with Crippen LogP contribution in [0.25, 0.3) is 11.1 Å². The molecule has 5 heteroatoms. The highest BCUT2D eigenvalue weighted by atomic mass is 19.1. The SMILES string of the molecule is COc1ccc(F)c(-c2ccc([C@H]3CCc4ccc([C@@H](C)CC(=O)O)cc4O3)cc2)c1. The van der Waals surface area contributed by atoms with Gasteiger partial charge in [0.15, 0.2) is 0 Å². The van der Waals surface area contributed by atoms with Crippen LogP contribution in [0.1, 0.15) is 48.5 Å². The molecular formula is C26H25FO4. The molecule has 1 heterocycles. The minimum atomic E-state index is -0.809. The van der Waals surface area contributed by atoms with Crippen molar-refractivity contribution in [2.45, 2.75) is 38.2 Å². The minimum Gasteiger partial charge on any atom is -0.497 e. The number of methoxy groups -OCH3 is 1. The van der Waals surface area contributed by atoms with Crippen molar-refractivity contribution in [3.63, 3.8) is 0 Å². The van der Waals surface area contributed by atoms with Crippen LogP contribution < -0.4 is 9.47 Å². The van der Waals surface area contributed by atoms with E-state index in [4.69, 9.17) is 14.6 Å². The topological polar surface area (TPSA) is 55.8 Å². The van der Waals surface area contributed by atoms with Gasteiger partial charge in [-0.05, 0) is 65.3 Å². The Bertz CT molecular complexity index is 1090. The van der Waals surface area contributed by atoms with E-state index in [1.807, 2.05) is 49.4 Å². The van der Waals surface area contributed by atoms with Crippen molar-refractivity contribution in [3.8, 4) is 22.6 Å². The van der Waals surface area contributed by atoms with Gasteiger partial charge in [-0.25, -0.2) is 4.39 Å². The number of aryl methyl sites for hydroxylation is 1. The molecule has 3 aromatic carbocycles. The molecule has 4 rings (SSSR count). The van der Waals surface area contributed by atoms with Gasteiger partial charge in [0.2, 0.25) is 0 Å². The number of halogens is 1. The van der Waals surface area contributed by atoms with Crippen molar-refractivity contribution < 1.29 is 23.8 Å². The zero-order valence-corrected chi connectivity index (χ0v) is 17.6. The van der Waals surface area contributed by atoms with E-state index >= 15 is 0 Å². The van der Waals surface area contributed by atoms with Gasteiger partial charge in [0.1, 0.15) is 23.4 Å². The molecule has 0 unspecified atom stereocenters. The summed E-state index contributed by atoms with van der Waals surface area (Å²) in [5.41, 5.74) is 4.41. The number of rotatable bonds is 6. The molecule has 0 aromatic heterocycles. The van der Waals surface area contributed by atoms with Gasteiger partial charge in [-0.1, -0.05) is 43.3 Å². The normalized spacial score (nSPS) is 16.2. The van der Waals surface area contributed by atoms with E-state index in [0.29, 0.717) is 11.3 Å². The van der Waals surface area contributed by atoms with E-state index in [1.165, 1.54) is 6.07 Å². The second-order valence-electron chi connectivity index (χ2n) is 7.98. The molecule has 3 aromatic rings. The third kappa shape index (κ3) is 4.55. The number of benzene rings is 3. The van der Waals surface area contributed by atoms with Crippen LogP contribution in [0.3, 0.4) is 0 Å². The fourth-order valence-corrected chi connectivity index (χ4v) is 4.04. The molecule has 0 saturated carbocycles. The maximum Gasteiger partial charge on any atom is 0.303 e. The van der Waals surface area contributed by atoms with Crippen LogP contribution in [0.15, 0.2) is 60.7 Å². The number of hydrogen-bond acceptors (Lipinski definition) is 3. The summed E-state index contributed by atoms with van der Waals surface area (Å²) in [6.07, 6.45) is 1.73. The summed E-state index contributed by atoms with van der Waals surface area (Å²) in [7, 11) is 1.56. The number of ether oxygens (including phenoxy) is 2. The molecule has 0 aliphatic carbocycles. The number of carboxylic acid groups (broad SMARTS) is 1. The Hall–Kier alpha value is -3.34. The molecule has 0 amide bonds. The van der Waals surface area contributed by atoms with Gasteiger partial charge < -0.3 is 14.6 Å². The summed E-state index contributed by atoms with van der Waals surface area (Å²) in [6.45, 7) is 1.91. The Morgan fingerprint density at radius 2 is 1.94 bits per heavy atom. The Morgan fingerprint density at radius 1 is 1.16 bits per heavy atom. The van der Waals surface area contributed by atoms with Crippen molar-refractivity contribution in [3.05, 3.63) is 83.2 Å². The smallest absolute Gasteiger partial charge is 0.303 e. The average Bonchev–Trinajstić information content (AvgIpc) is 2.78. The molecule has 0 radical (unpaired) electrons. The molecule has 0 spiro atoms. The molecule has 31 heavy (non-hydrogen) atoms. The quantitative estimate of drug-likeness (QED) is 0.520. The lowest BCUT2D eigenvalue weighted by Gasteiger charge is -2.27. The largest absolute Gasteiger partial charge is 0.497 e. The minimum absolute atomic E-state index is 0.0798. The average molecular weight is 420 g/mol. The van der Waals surface area contributed by atoms with Crippen LogP contribution >= 0.6 is 0 Å². The van der Waals surface area contributed by atoms with E-state index in [0.717, 1.165) is 40.8 Å². The van der Waals surface area contributed by atoms with E-state index in [9.17, 15) is 9.18 Å². The molecule has 160 valence electrons. The third-order valence-electron chi connectivity index (χ3n) is 5.85. The molecular weight excluding hydrogens is 395 g/mol. The lowest BCUT2D eigenvalue weighted by molar-refractivity contribution is -0.137. The van der Waals surface area contributed by atoms with Crippen LogP contribution in [-0.4, -0.2) is 18.2 Å². The van der Waals surface area contributed by atoms with Crippen LogP contribution in [0, 0.1) is 5.82 Å². The monoisotopic (exact) mass is 420 g/mol. The highest BCUT2D eigenvalue weighted by Gasteiger charge is 2.23. The van der Waals surface area contributed by atoms with E-state index in [-0.39, 0.29) is 24.3 Å². The second-order valence-corrected chi connectivity index (χ2v) is 7.98. The van der Waals surface area contributed by atoms with Gasteiger partial charge in [-0.15, -0.1) is 0 Å². The van der Waals surface area contributed by atoms with Crippen molar-refractivity contribution in [1.29, 1.82) is 0 Å². The zero-order valence-electron chi connectivity index (χ0n) is 17.6. The molecule has 0 bridgehead atoms. The molecule has 4 nitrogen and oxygen atoms in total. The summed E-state index contributed by atoms with van der Waals surface area (Å²) in [4.78, 5) is 11.0. The third-order valence-corrected chi connectivity index (χ3v) is 5.85. The first-order valence-corrected chi connectivity index (χ1v) is 10.4. The molecule has 0 saturated heterocycles. The van der Waals surface area contributed by atoms with E-state index in [2.05, 4.69) is 0 Å². The fourth-order valence-electron chi connectivity index (χ4n) is 4.04. The summed E-state index contributed by atoms with van der Waals surface area (Å²) in [6, 6.07) is 18.4. The molecule has 2 atom stereocenters. The highest BCUT2D eigenvalue weighted by Crippen LogP contribution is 2.38. The van der Waals surface area contributed by atoms with Crippen molar-refractivity contribution in [1.82, 2.24) is 0 Å². The molecule has 0 fully saturated rings. The highest BCUT2D eigenvalue weighted by molar-refractivity contribution is 5.68. The maximum atomic E-state index is 14.3. The van der Waals surface area contributed by atoms with Crippen LogP contribution in [0.2, 0.25) is 0 Å². The number of fused-ring (bicyclic) bond motifs is 1. The Kier molecular flexibility index (Phi) is 5.94. The molecule has 1 aliphatic rings. The van der Waals surface area contributed by atoms with Crippen LogP contribution in [-0.2, 0) is 11.2 Å². The van der Waals surface area contributed by atoms with Crippen molar-refractivity contribution in [2.24, 2.45) is 0 Å². The lowest BCUT2D eigenvalue weighted by Crippen LogP contribution is -2.15. The number of hydrogen-bond donors (Lipinski definition) is 1. The van der Waals surface area contributed by atoms with Gasteiger partial charge in [-0.3, -0.25) is 4.79 Å². The first kappa shape index (κ1) is 20.9. The summed E-state index contributed by atoms with van der Waals surface area (Å²) in [5, 5.41) is 9.06. The van der Waals surface area contributed by atoms with Gasteiger partial charge in [-0.2, -0.15) is 0 Å². The van der Waals surface area contributed by atoms with Gasteiger partial charge in [0, 0.05) is 5.56 Å². The summed E-state index contributed by atoms with van der Waals surface area (Å²) in [5.74, 6) is 0.245. The van der Waals surface area contributed by atoms with Gasteiger partial charge in [0.25, 0.3) is 0 Å².